The van der Waals surface area contributed by atoms with Gasteiger partial charge in [-0.25, -0.2) is 9.59 Å². The normalized spacial score (nSPS) is 13.5. The summed E-state index contributed by atoms with van der Waals surface area (Å²) in [6.07, 6.45) is 0.117. The molecule has 0 aliphatic rings. The van der Waals surface area contributed by atoms with E-state index < -0.39 is 22.6 Å². The second-order valence-corrected chi connectivity index (χ2v) is 8.56. The Morgan fingerprint density at radius 3 is 2.46 bits per heavy atom. The van der Waals surface area contributed by atoms with E-state index in [4.69, 9.17) is 14.2 Å². The van der Waals surface area contributed by atoms with Gasteiger partial charge in [0.2, 0.25) is 0 Å². The molecule has 0 aliphatic heterocycles. The van der Waals surface area contributed by atoms with Crippen LogP contribution in [0.4, 0.5) is 9.59 Å². The summed E-state index contributed by atoms with van der Waals surface area (Å²) in [4.78, 5) is 23.3. The number of benzene rings is 1. The van der Waals surface area contributed by atoms with Gasteiger partial charge < -0.3 is 24.6 Å². The van der Waals surface area contributed by atoms with Gasteiger partial charge in [-0.15, -0.1) is 0 Å². The zero-order chi connectivity index (χ0) is 21.0. The van der Waals surface area contributed by atoms with E-state index in [9.17, 15) is 14.7 Å². The average Bonchev–Trinajstić information content (AvgIpc) is 2.60. The topological polar surface area (TPSA) is 94.1 Å². The van der Waals surface area contributed by atoms with Crippen molar-refractivity contribution in [2.45, 2.75) is 51.9 Å². The number of amides is 1. The fourth-order valence-corrected chi connectivity index (χ4v) is 2.64. The molecule has 1 aromatic carbocycles. The smallest absolute Gasteiger partial charge is 0.407 e. The number of carbonyl (C=O) groups excluding carboxylic acids is 2. The molecule has 0 aromatic heterocycles. The summed E-state index contributed by atoms with van der Waals surface area (Å²) in [5.41, 5.74) is -0.777. The van der Waals surface area contributed by atoms with Crippen LogP contribution in [0.2, 0.25) is 0 Å². The molecule has 1 atom stereocenters. The number of ether oxygens (including phenoxy) is 3. The third-order valence-corrected chi connectivity index (χ3v) is 4.37. The van der Waals surface area contributed by atoms with E-state index in [-0.39, 0.29) is 19.0 Å². The molecule has 0 fully saturated rings. The lowest BCUT2D eigenvalue weighted by Crippen LogP contribution is -2.35. The lowest BCUT2D eigenvalue weighted by Gasteiger charge is -2.22. The molecule has 0 saturated heterocycles. The molecule has 0 radical (unpaired) electrons. The fourth-order valence-electron chi connectivity index (χ4n) is 1.99. The van der Waals surface area contributed by atoms with Crippen molar-refractivity contribution >= 4 is 23.2 Å². The molecule has 7 nitrogen and oxygen atoms in total. The first kappa shape index (κ1) is 24.3. The van der Waals surface area contributed by atoms with Crippen LogP contribution < -0.4 is 5.32 Å². The molecule has 0 saturated carbocycles. The van der Waals surface area contributed by atoms with Crippen LogP contribution in [0.5, 0.6) is 0 Å². The summed E-state index contributed by atoms with van der Waals surface area (Å²) < 4.78 is 15.7. The van der Waals surface area contributed by atoms with E-state index in [0.717, 1.165) is 17.3 Å². The number of nitrogens with one attached hydrogen (secondary N) is 1. The maximum atomic E-state index is 11.8. The van der Waals surface area contributed by atoms with Gasteiger partial charge in [0.15, 0.2) is 0 Å². The molecule has 1 aromatic rings. The number of alkyl carbamates (subject to hydrolysis) is 1. The summed E-state index contributed by atoms with van der Waals surface area (Å²) in [5, 5.41) is 12.5. The van der Waals surface area contributed by atoms with E-state index in [1.54, 1.807) is 27.7 Å². The van der Waals surface area contributed by atoms with Crippen LogP contribution >= 0.6 is 11.8 Å². The van der Waals surface area contributed by atoms with E-state index in [0.29, 0.717) is 19.6 Å². The number of aliphatic hydroxyl groups is 1. The average molecular weight is 414 g/mol. The maximum absolute atomic E-state index is 11.8. The van der Waals surface area contributed by atoms with Crippen LogP contribution in [-0.4, -0.2) is 53.2 Å². The highest BCUT2D eigenvalue weighted by atomic mass is 32.2. The molecule has 28 heavy (non-hydrogen) atoms. The number of carbonyl (C=O) groups is 2. The monoisotopic (exact) mass is 413 g/mol. The van der Waals surface area contributed by atoms with Crippen LogP contribution in [0.15, 0.2) is 30.3 Å². The molecule has 8 heteroatoms. The van der Waals surface area contributed by atoms with Crippen molar-refractivity contribution in [2.75, 3.05) is 25.5 Å². The van der Waals surface area contributed by atoms with Gasteiger partial charge >= 0.3 is 11.4 Å². The van der Waals surface area contributed by atoms with E-state index in [1.807, 2.05) is 30.3 Å². The third kappa shape index (κ3) is 12.6. The first-order valence-electron chi connectivity index (χ1n) is 9.18. The summed E-state index contributed by atoms with van der Waals surface area (Å²) in [7, 11) is 0. The second kappa shape index (κ2) is 11.9. The van der Waals surface area contributed by atoms with Crippen molar-refractivity contribution in [3.05, 3.63) is 35.9 Å². The molecule has 0 heterocycles. The largest absolute Gasteiger partial charge is 0.453 e. The van der Waals surface area contributed by atoms with Crippen LogP contribution in [0, 0.1) is 0 Å². The number of thioether (sulfide) groups is 1. The molecular weight excluding hydrogens is 382 g/mol. The predicted octanol–water partition coefficient (Wildman–Crippen LogP) is 3.74. The third-order valence-electron chi connectivity index (χ3n) is 3.25. The Morgan fingerprint density at radius 1 is 1.14 bits per heavy atom. The summed E-state index contributed by atoms with van der Waals surface area (Å²) in [6, 6.07) is 9.40. The van der Waals surface area contributed by atoms with Crippen molar-refractivity contribution < 1.29 is 28.9 Å². The van der Waals surface area contributed by atoms with E-state index >= 15 is 0 Å². The van der Waals surface area contributed by atoms with Crippen LogP contribution in [0.1, 0.15) is 39.7 Å². The molecule has 0 spiro atoms. The SMILES string of the molecule is CC(O)(COCCCNC(=O)OC(C)(C)C)CSC(=O)OCc1ccccc1. The molecular formula is C20H31NO6S. The highest BCUT2D eigenvalue weighted by Gasteiger charge is 2.23. The standard InChI is InChI=1S/C20H31NO6S/c1-19(2,3)27-17(22)21-11-8-12-25-14-20(4,24)15-28-18(23)26-13-16-9-6-5-7-10-16/h5-7,9-10,24H,8,11-15H2,1-4H3,(H,21,22). The molecule has 0 bridgehead atoms. The first-order chi connectivity index (χ1) is 13.1. The lowest BCUT2D eigenvalue weighted by atomic mass is 10.2. The number of hydrogen-bond donors (Lipinski definition) is 2. The van der Waals surface area contributed by atoms with Crippen molar-refractivity contribution in [1.82, 2.24) is 5.32 Å². The Bertz CT molecular complexity index is 600. The van der Waals surface area contributed by atoms with Crippen molar-refractivity contribution in [3.63, 3.8) is 0 Å². The minimum atomic E-state index is -1.16. The van der Waals surface area contributed by atoms with Gasteiger partial charge in [0.05, 0.1) is 12.2 Å². The van der Waals surface area contributed by atoms with Crippen LogP contribution in [-0.2, 0) is 20.8 Å². The van der Waals surface area contributed by atoms with Gasteiger partial charge in [-0.05, 0) is 51.4 Å². The van der Waals surface area contributed by atoms with E-state index in [1.165, 1.54) is 0 Å². The molecule has 158 valence electrons. The summed E-state index contributed by atoms with van der Waals surface area (Å²) >= 11 is 0.915. The van der Waals surface area contributed by atoms with Crippen LogP contribution in [0.25, 0.3) is 0 Å². The molecule has 1 amide bonds. The number of hydrogen-bond acceptors (Lipinski definition) is 7. The van der Waals surface area contributed by atoms with Gasteiger partial charge in [0, 0.05) is 18.9 Å². The quantitative estimate of drug-likeness (QED) is 0.446. The van der Waals surface area contributed by atoms with Gasteiger partial charge in [-0.2, -0.15) is 0 Å². The Hall–Kier alpha value is -1.77. The van der Waals surface area contributed by atoms with Crippen molar-refractivity contribution in [2.24, 2.45) is 0 Å². The summed E-state index contributed by atoms with van der Waals surface area (Å²) in [5.74, 6) is 0.163. The molecule has 2 N–H and O–H groups in total. The molecule has 1 rings (SSSR count). The van der Waals surface area contributed by atoms with Gasteiger partial charge in [-0.1, -0.05) is 30.3 Å². The number of rotatable bonds is 10. The second-order valence-electron chi connectivity index (χ2n) is 7.64. The molecule has 0 aliphatic carbocycles. The Morgan fingerprint density at radius 2 is 1.82 bits per heavy atom. The first-order valence-corrected chi connectivity index (χ1v) is 10.2. The molecule has 1 unspecified atom stereocenters. The Balaban J connectivity index is 2.10. The fraction of sp³-hybridized carbons (Fsp3) is 0.600. The minimum Gasteiger partial charge on any atom is -0.453 e. The zero-order valence-corrected chi connectivity index (χ0v) is 17.8. The van der Waals surface area contributed by atoms with Gasteiger partial charge in [0.25, 0.3) is 0 Å². The van der Waals surface area contributed by atoms with Gasteiger partial charge in [-0.3, -0.25) is 0 Å². The highest BCUT2D eigenvalue weighted by molar-refractivity contribution is 8.13. The summed E-state index contributed by atoms with van der Waals surface area (Å²) in [6.45, 7) is 8.07. The lowest BCUT2D eigenvalue weighted by molar-refractivity contribution is -0.0180. The highest BCUT2D eigenvalue weighted by Crippen LogP contribution is 2.17. The minimum absolute atomic E-state index is 0.0817. The maximum Gasteiger partial charge on any atom is 0.407 e. The van der Waals surface area contributed by atoms with Crippen molar-refractivity contribution in [3.8, 4) is 0 Å². The van der Waals surface area contributed by atoms with Gasteiger partial charge in [0.1, 0.15) is 12.2 Å². The van der Waals surface area contributed by atoms with Crippen molar-refractivity contribution in [1.29, 1.82) is 0 Å². The van der Waals surface area contributed by atoms with E-state index in [2.05, 4.69) is 5.32 Å². The Labute approximate surface area is 171 Å². The Kier molecular flexibility index (Phi) is 10.3. The van der Waals surface area contributed by atoms with Crippen LogP contribution in [0.3, 0.4) is 0 Å². The zero-order valence-electron chi connectivity index (χ0n) is 17.0. The predicted molar refractivity (Wildman–Crippen MR) is 109 cm³/mol.